The third-order valence-electron chi connectivity index (χ3n) is 1.88. The molecule has 0 aliphatic carbocycles. The van der Waals surface area contributed by atoms with Crippen molar-refractivity contribution in [1.29, 1.82) is 0 Å². The lowest BCUT2D eigenvalue weighted by Crippen LogP contribution is -2.05. The quantitative estimate of drug-likeness (QED) is 0.376. The normalized spacial score (nSPS) is 11.8. The summed E-state index contributed by atoms with van der Waals surface area (Å²) in [6, 6.07) is 7.31. The van der Waals surface area contributed by atoms with Gasteiger partial charge < -0.3 is 9.84 Å². The lowest BCUT2D eigenvalue weighted by Gasteiger charge is -1.99. The van der Waals surface area contributed by atoms with Crippen LogP contribution < -0.4 is 0 Å². The van der Waals surface area contributed by atoms with E-state index in [1.807, 2.05) is 25.1 Å². The van der Waals surface area contributed by atoms with Crippen LogP contribution in [0.5, 0.6) is 0 Å². The van der Waals surface area contributed by atoms with E-state index >= 15 is 0 Å². The van der Waals surface area contributed by atoms with Crippen molar-refractivity contribution in [3.63, 3.8) is 0 Å². The Balaban J connectivity index is 2.79. The Morgan fingerprint density at radius 1 is 1.53 bits per heavy atom. The molecule has 0 aromatic heterocycles. The number of hydrogen-bond donors (Lipinski definition) is 1. The molecule has 0 amide bonds. The zero-order valence-electron chi connectivity index (χ0n) is 9.75. The van der Waals surface area contributed by atoms with Crippen molar-refractivity contribution < 1.29 is 14.6 Å². The third-order valence-corrected chi connectivity index (χ3v) is 1.88. The first-order chi connectivity index (χ1) is 8.17. The summed E-state index contributed by atoms with van der Waals surface area (Å²) < 4.78 is 4.69. The Bertz CT molecular complexity index is 453. The molecule has 0 spiro atoms. The Kier molecular flexibility index (Phi) is 4.87. The fraction of sp³-hybridized carbons (Fsp3) is 0.250. The molecular weight excluding hydrogens is 220 g/mol. The zero-order chi connectivity index (χ0) is 12.7. The van der Waals surface area contributed by atoms with Gasteiger partial charge in [0.15, 0.2) is 0 Å². The maximum absolute atomic E-state index is 11.3. The minimum absolute atomic E-state index is 0.218. The number of rotatable bonds is 4. The molecule has 0 saturated heterocycles. The number of benzene rings is 1. The minimum Gasteiger partial charge on any atom is -0.513 e. The minimum atomic E-state index is -0.702. The van der Waals surface area contributed by atoms with Crippen molar-refractivity contribution in [3.8, 4) is 0 Å². The third kappa shape index (κ3) is 4.06. The summed E-state index contributed by atoms with van der Waals surface area (Å²) in [5, 5.41) is 16.3. The second-order valence-corrected chi connectivity index (χ2v) is 3.27. The van der Waals surface area contributed by atoms with Gasteiger partial charge in [0, 0.05) is 0 Å². The van der Waals surface area contributed by atoms with Crippen LogP contribution in [0.2, 0.25) is 0 Å². The van der Waals surface area contributed by atoms with E-state index < -0.39 is 5.97 Å². The number of esters is 1. The van der Waals surface area contributed by atoms with Gasteiger partial charge in [-0.3, -0.25) is 0 Å². The van der Waals surface area contributed by atoms with E-state index in [-0.39, 0.29) is 12.3 Å². The van der Waals surface area contributed by atoms with Gasteiger partial charge in [-0.1, -0.05) is 12.1 Å². The highest BCUT2D eigenvalue weighted by atomic mass is 16.5. The smallest absolute Gasteiger partial charge is 0.362 e. The lowest BCUT2D eigenvalue weighted by molar-refractivity contribution is -0.138. The average molecular weight is 234 g/mol. The number of carbonyl (C=O) groups is 1. The van der Waals surface area contributed by atoms with Crippen molar-refractivity contribution in [1.82, 2.24) is 0 Å². The van der Waals surface area contributed by atoms with Crippen LogP contribution in [0, 0.1) is 6.92 Å². The van der Waals surface area contributed by atoms with Crippen LogP contribution in [0.25, 0.3) is 0 Å². The number of aliphatic hydroxyl groups is 1. The number of azo groups is 1. The Morgan fingerprint density at radius 3 is 2.88 bits per heavy atom. The van der Waals surface area contributed by atoms with Gasteiger partial charge in [0.2, 0.25) is 5.70 Å². The van der Waals surface area contributed by atoms with Gasteiger partial charge in [0.25, 0.3) is 0 Å². The molecule has 1 aromatic carbocycles. The fourth-order valence-electron chi connectivity index (χ4n) is 1.13. The molecule has 1 rings (SSSR count). The molecule has 0 aliphatic heterocycles. The molecule has 5 heteroatoms. The zero-order valence-corrected chi connectivity index (χ0v) is 9.75. The molecule has 0 bridgehead atoms. The van der Waals surface area contributed by atoms with Gasteiger partial charge in [0.05, 0.1) is 12.3 Å². The van der Waals surface area contributed by atoms with E-state index in [2.05, 4.69) is 15.0 Å². The highest BCUT2D eigenvalue weighted by Crippen LogP contribution is 2.15. The second-order valence-electron chi connectivity index (χ2n) is 3.27. The number of aliphatic hydroxyl groups excluding tert-OH is 1. The maximum atomic E-state index is 11.3. The molecule has 1 N–H and O–H groups in total. The molecule has 1 aromatic rings. The maximum Gasteiger partial charge on any atom is 0.362 e. The molecule has 0 aliphatic rings. The van der Waals surface area contributed by atoms with Crippen LogP contribution in [0.1, 0.15) is 12.5 Å². The van der Waals surface area contributed by atoms with E-state index in [9.17, 15) is 4.79 Å². The molecule has 0 heterocycles. The number of ether oxygens (including phenoxy) is 1. The predicted molar refractivity (Wildman–Crippen MR) is 63.0 cm³/mol. The van der Waals surface area contributed by atoms with Gasteiger partial charge in [-0.15, -0.1) is 5.11 Å². The largest absolute Gasteiger partial charge is 0.513 e. The van der Waals surface area contributed by atoms with Crippen molar-refractivity contribution in [3.05, 3.63) is 41.8 Å². The summed E-state index contributed by atoms with van der Waals surface area (Å²) in [6.45, 7) is 3.81. The first-order valence-electron chi connectivity index (χ1n) is 5.17. The van der Waals surface area contributed by atoms with Crippen LogP contribution in [0.3, 0.4) is 0 Å². The number of aryl methyl sites for hydroxylation is 1. The Morgan fingerprint density at radius 2 is 2.29 bits per heavy atom. The number of hydrogen-bond acceptors (Lipinski definition) is 5. The van der Waals surface area contributed by atoms with Crippen LogP contribution in [0.15, 0.2) is 46.5 Å². The monoisotopic (exact) mass is 234 g/mol. The first-order valence-corrected chi connectivity index (χ1v) is 5.17. The topological polar surface area (TPSA) is 71.2 Å². The van der Waals surface area contributed by atoms with Gasteiger partial charge in [-0.25, -0.2) is 4.79 Å². The van der Waals surface area contributed by atoms with E-state index in [1.54, 1.807) is 13.0 Å². The summed E-state index contributed by atoms with van der Waals surface area (Å²) >= 11 is 0. The molecule has 0 fully saturated rings. The van der Waals surface area contributed by atoms with Crippen molar-refractivity contribution in [2.45, 2.75) is 13.8 Å². The summed E-state index contributed by atoms with van der Waals surface area (Å²) in [5.74, 6) is -0.702. The molecule has 0 atom stereocenters. The fourth-order valence-corrected chi connectivity index (χ4v) is 1.13. The Labute approximate surface area is 99.4 Å². The molecule has 90 valence electrons. The van der Waals surface area contributed by atoms with E-state index in [1.165, 1.54) is 0 Å². The highest BCUT2D eigenvalue weighted by molar-refractivity contribution is 5.87. The van der Waals surface area contributed by atoms with Crippen LogP contribution in [-0.4, -0.2) is 17.7 Å². The summed E-state index contributed by atoms with van der Waals surface area (Å²) in [4.78, 5) is 11.3. The average Bonchev–Trinajstić information content (AvgIpc) is 2.30. The predicted octanol–water partition coefficient (Wildman–Crippen LogP) is 3.04. The summed E-state index contributed by atoms with van der Waals surface area (Å²) in [7, 11) is 0. The highest BCUT2D eigenvalue weighted by Gasteiger charge is 2.09. The first kappa shape index (κ1) is 12.9. The van der Waals surface area contributed by atoms with Gasteiger partial charge in [-0.05, 0) is 31.5 Å². The molecule has 0 saturated carbocycles. The van der Waals surface area contributed by atoms with Crippen molar-refractivity contribution >= 4 is 11.7 Å². The SMILES string of the molecule is CCOC(=O)/C(=C\O)N=Nc1cccc(C)c1. The summed E-state index contributed by atoms with van der Waals surface area (Å²) in [5.41, 5.74) is 1.41. The van der Waals surface area contributed by atoms with Crippen LogP contribution >= 0.6 is 0 Å². The van der Waals surface area contributed by atoms with Crippen LogP contribution in [-0.2, 0) is 9.53 Å². The standard InChI is InChI=1S/C12H14N2O3/c1-3-17-12(16)11(8-15)14-13-10-6-4-5-9(2)7-10/h4-8,15H,3H2,1-2H3/b11-8+,14-13?. The molecule has 17 heavy (non-hydrogen) atoms. The number of carbonyl (C=O) groups excluding carboxylic acids is 1. The van der Waals surface area contributed by atoms with E-state index in [4.69, 9.17) is 5.11 Å². The Hall–Kier alpha value is -2.17. The lowest BCUT2D eigenvalue weighted by atomic mass is 10.2. The second kappa shape index (κ2) is 6.42. The molecule has 0 radical (unpaired) electrons. The molecule has 5 nitrogen and oxygen atoms in total. The van der Waals surface area contributed by atoms with Gasteiger partial charge in [0.1, 0.15) is 6.26 Å². The van der Waals surface area contributed by atoms with Crippen LogP contribution in [0.4, 0.5) is 5.69 Å². The summed E-state index contributed by atoms with van der Waals surface area (Å²) in [6.07, 6.45) is 0.581. The van der Waals surface area contributed by atoms with Gasteiger partial charge >= 0.3 is 5.97 Å². The van der Waals surface area contributed by atoms with E-state index in [0.29, 0.717) is 11.9 Å². The van der Waals surface area contributed by atoms with Gasteiger partial charge in [-0.2, -0.15) is 5.11 Å². The van der Waals surface area contributed by atoms with Crippen molar-refractivity contribution in [2.75, 3.05) is 6.61 Å². The van der Waals surface area contributed by atoms with Crippen molar-refractivity contribution in [2.24, 2.45) is 10.2 Å². The molecular formula is C12H14N2O3. The molecule has 0 unspecified atom stereocenters. The number of nitrogens with zero attached hydrogens (tertiary/aromatic N) is 2. The van der Waals surface area contributed by atoms with E-state index in [0.717, 1.165) is 5.56 Å².